The van der Waals surface area contributed by atoms with Gasteiger partial charge in [-0.3, -0.25) is 4.57 Å². The van der Waals surface area contributed by atoms with Crippen molar-refractivity contribution in [1.82, 2.24) is 9.55 Å². The molecular formula is C13H13N3O3S. The second-order valence-corrected chi connectivity index (χ2v) is 5.70. The van der Waals surface area contributed by atoms with Crippen LogP contribution in [-0.2, 0) is 16.6 Å². The second kappa shape index (κ2) is 5.40. The molecule has 1 heterocycles. The van der Waals surface area contributed by atoms with Gasteiger partial charge in [0.1, 0.15) is 0 Å². The Kier molecular flexibility index (Phi) is 3.82. The van der Waals surface area contributed by atoms with Gasteiger partial charge in [-0.05, 0) is 17.7 Å². The molecule has 0 spiro atoms. The van der Waals surface area contributed by atoms with E-state index in [4.69, 9.17) is 5.14 Å². The molecule has 0 bridgehead atoms. The predicted molar refractivity (Wildman–Crippen MR) is 75.5 cm³/mol. The maximum atomic E-state index is 11.5. The van der Waals surface area contributed by atoms with Gasteiger partial charge in [0, 0.05) is 24.5 Å². The first kappa shape index (κ1) is 14.2. The molecule has 0 amide bonds. The lowest BCUT2D eigenvalue weighted by atomic mass is 10.1. The number of sulfonamides is 1. The van der Waals surface area contributed by atoms with E-state index in [1.807, 2.05) is 0 Å². The average molecular weight is 291 g/mol. The maximum Gasteiger partial charge on any atom is 0.347 e. The Labute approximate surface area is 116 Å². The van der Waals surface area contributed by atoms with E-state index in [1.165, 1.54) is 22.9 Å². The molecular weight excluding hydrogens is 278 g/mol. The van der Waals surface area contributed by atoms with Crippen LogP contribution in [0.3, 0.4) is 0 Å². The second-order valence-electron chi connectivity index (χ2n) is 4.14. The quantitative estimate of drug-likeness (QED) is 0.841. The minimum atomic E-state index is -3.71. The molecule has 104 valence electrons. The zero-order valence-electron chi connectivity index (χ0n) is 10.6. The van der Waals surface area contributed by atoms with Gasteiger partial charge < -0.3 is 0 Å². The molecule has 0 saturated carbocycles. The van der Waals surface area contributed by atoms with Crippen molar-refractivity contribution in [3.63, 3.8) is 0 Å². The summed E-state index contributed by atoms with van der Waals surface area (Å²) in [6.07, 6.45) is 4.67. The van der Waals surface area contributed by atoms with Crippen molar-refractivity contribution in [1.29, 1.82) is 0 Å². The number of rotatable bonds is 4. The van der Waals surface area contributed by atoms with Gasteiger partial charge in [0.25, 0.3) is 0 Å². The Balaban J connectivity index is 2.44. The number of nitrogens with two attached hydrogens (primary N) is 1. The summed E-state index contributed by atoms with van der Waals surface area (Å²) in [7, 11) is -3.71. The van der Waals surface area contributed by atoms with Gasteiger partial charge in [-0.1, -0.05) is 18.2 Å². The summed E-state index contributed by atoms with van der Waals surface area (Å²) in [6.45, 7) is 3.93. The first-order valence-electron chi connectivity index (χ1n) is 5.72. The third-order valence-electron chi connectivity index (χ3n) is 2.70. The Hall–Kier alpha value is -2.25. The Bertz CT molecular complexity index is 792. The number of aromatic nitrogens is 2. The van der Waals surface area contributed by atoms with Crippen LogP contribution in [0.4, 0.5) is 0 Å². The van der Waals surface area contributed by atoms with E-state index in [1.54, 1.807) is 24.4 Å². The van der Waals surface area contributed by atoms with Gasteiger partial charge in [0.2, 0.25) is 10.0 Å². The van der Waals surface area contributed by atoms with E-state index in [-0.39, 0.29) is 10.6 Å². The van der Waals surface area contributed by atoms with E-state index in [2.05, 4.69) is 11.6 Å². The number of hydrogen-bond acceptors (Lipinski definition) is 4. The number of allylic oxidation sites excluding steroid dienone is 1. The fraction of sp³-hybridized carbons (Fsp3) is 0.0769. The number of benzene rings is 1. The predicted octanol–water partition coefficient (Wildman–Crippen LogP) is 0.744. The molecule has 2 aromatic rings. The Morgan fingerprint density at radius 3 is 2.45 bits per heavy atom. The molecule has 20 heavy (non-hydrogen) atoms. The van der Waals surface area contributed by atoms with Crippen molar-refractivity contribution in [3.8, 4) is 11.1 Å². The molecule has 1 aromatic carbocycles. The number of hydrogen-bond donors (Lipinski definition) is 1. The van der Waals surface area contributed by atoms with Crippen LogP contribution < -0.4 is 10.8 Å². The third-order valence-corrected chi connectivity index (χ3v) is 3.63. The van der Waals surface area contributed by atoms with Crippen molar-refractivity contribution in [2.45, 2.75) is 11.4 Å². The normalized spacial score (nSPS) is 11.2. The van der Waals surface area contributed by atoms with E-state index >= 15 is 0 Å². The van der Waals surface area contributed by atoms with Crippen LogP contribution >= 0.6 is 0 Å². The zero-order valence-corrected chi connectivity index (χ0v) is 11.4. The summed E-state index contributed by atoms with van der Waals surface area (Å²) in [6, 6.07) is 6.04. The van der Waals surface area contributed by atoms with Gasteiger partial charge in [-0.25, -0.2) is 23.3 Å². The molecule has 0 aliphatic rings. The van der Waals surface area contributed by atoms with Gasteiger partial charge >= 0.3 is 5.69 Å². The lowest BCUT2D eigenvalue weighted by Crippen LogP contribution is -2.21. The zero-order chi connectivity index (χ0) is 14.8. The molecule has 1 aromatic heterocycles. The van der Waals surface area contributed by atoms with E-state index in [9.17, 15) is 13.2 Å². The van der Waals surface area contributed by atoms with Crippen LogP contribution in [0.2, 0.25) is 0 Å². The van der Waals surface area contributed by atoms with E-state index in [0.717, 1.165) is 5.56 Å². The standard InChI is InChI=1S/C13H13N3O3S/c1-2-7-16-9-11(8-15-13(16)17)10-3-5-12(6-4-10)20(14,18)19/h2-6,8-9H,1,7H2,(H2,14,18,19). The van der Waals surface area contributed by atoms with Crippen molar-refractivity contribution in [3.05, 3.63) is 59.8 Å². The lowest BCUT2D eigenvalue weighted by Gasteiger charge is -2.06. The highest BCUT2D eigenvalue weighted by molar-refractivity contribution is 7.89. The fourth-order valence-electron chi connectivity index (χ4n) is 1.71. The van der Waals surface area contributed by atoms with Gasteiger partial charge in [0.05, 0.1) is 4.90 Å². The summed E-state index contributed by atoms with van der Waals surface area (Å²) in [5.74, 6) is 0. The third kappa shape index (κ3) is 3.01. The summed E-state index contributed by atoms with van der Waals surface area (Å²) in [5, 5.41) is 5.03. The van der Waals surface area contributed by atoms with Crippen LogP contribution in [-0.4, -0.2) is 18.0 Å². The summed E-state index contributed by atoms with van der Waals surface area (Å²) < 4.78 is 23.8. The Morgan fingerprint density at radius 1 is 1.25 bits per heavy atom. The summed E-state index contributed by atoms with van der Waals surface area (Å²) in [4.78, 5) is 15.3. The molecule has 0 unspecified atom stereocenters. The monoisotopic (exact) mass is 291 g/mol. The van der Waals surface area contributed by atoms with Crippen LogP contribution in [0.5, 0.6) is 0 Å². The minimum Gasteiger partial charge on any atom is -0.295 e. The van der Waals surface area contributed by atoms with Gasteiger partial charge in [-0.15, -0.1) is 6.58 Å². The molecule has 0 radical (unpaired) electrons. The highest BCUT2D eigenvalue weighted by Gasteiger charge is 2.08. The topological polar surface area (TPSA) is 95.1 Å². The van der Waals surface area contributed by atoms with Crippen LogP contribution in [0.25, 0.3) is 11.1 Å². The van der Waals surface area contributed by atoms with Crippen LogP contribution in [0, 0.1) is 0 Å². The molecule has 0 atom stereocenters. The van der Waals surface area contributed by atoms with Crippen molar-refractivity contribution in [2.24, 2.45) is 5.14 Å². The lowest BCUT2D eigenvalue weighted by molar-refractivity contribution is 0.598. The highest BCUT2D eigenvalue weighted by Crippen LogP contribution is 2.19. The number of primary sulfonamides is 1. The summed E-state index contributed by atoms with van der Waals surface area (Å²) in [5.41, 5.74) is 1.07. The first-order valence-corrected chi connectivity index (χ1v) is 7.27. The van der Waals surface area contributed by atoms with Crippen molar-refractivity contribution < 1.29 is 8.42 Å². The van der Waals surface area contributed by atoms with E-state index in [0.29, 0.717) is 12.1 Å². The SMILES string of the molecule is C=CCn1cc(-c2ccc(S(N)(=O)=O)cc2)cnc1=O. The molecule has 0 saturated heterocycles. The molecule has 0 fully saturated rings. The first-order chi connectivity index (χ1) is 9.41. The Morgan fingerprint density at radius 2 is 1.90 bits per heavy atom. The maximum absolute atomic E-state index is 11.5. The largest absolute Gasteiger partial charge is 0.347 e. The van der Waals surface area contributed by atoms with Crippen molar-refractivity contribution in [2.75, 3.05) is 0 Å². The minimum absolute atomic E-state index is 0.0358. The molecule has 0 aliphatic carbocycles. The van der Waals surface area contributed by atoms with Crippen LogP contribution in [0.15, 0.2) is 59.0 Å². The van der Waals surface area contributed by atoms with Gasteiger partial charge in [0.15, 0.2) is 0 Å². The number of nitrogens with zero attached hydrogens (tertiary/aromatic N) is 2. The smallest absolute Gasteiger partial charge is 0.295 e. The van der Waals surface area contributed by atoms with Crippen LogP contribution in [0.1, 0.15) is 0 Å². The van der Waals surface area contributed by atoms with Crippen molar-refractivity contribution >= 4 is 10.0 Å². The molecule has 6 nitrogen and oxygen atoms in total. The molecule has 0 aliphatic heterocycles. The molecule has 7 heteroatoms. The molecule has 2 N–H and O–H groups in total. The summed E-state index contributed by atoms with van der Waals surface area (Å²) >= 11 is 0. The average Bonchev–Trinajstić information content (AvgIpc) is 2.41. The van der Waals surface area contributed by atoms with E-state index < -0.39 is 10.0 Å². The fourth-order valence-corrected chi connectivity index (χ4v) is 2.23. The van der Waals surface area contributed by atoms with Gasteiger partial charge in [-0.2, -0.15) is 0 Å². The molecule has 2 rings (SSSR count). The highest BCUT2D eigenvalue weighted by atomic mass is 32.2.